The number of hydrogen-bond donors (Lipinski definition) is 1. The molecule has 3 aromatic rings. The van der Waals surface area contributed by atoms with Crippen molar-refractivity contribution >= 4 is 22.9 Å². The molecule has 0 radical (unpaired) electrons. The van der Waals surface area contributed by atoms with Crippen LogP contribution >= 0.6 is 11.3 Å². The molecule has 0 fully saturated rings. The van der Waals surface area contributed by atoms with Crippen molar-refractivity contribution in [3.8, 4) is 22.2 Å². The lowest BCUT2D eigenvalue weighted by molar-refractivity contribution is -0.154. The maximum absolute atomic E-state index is 12.3. The summed E-state index contributed by atoms with van der Waals surface area (Å²) >= 11 is 1.41. The first-order chi connectivity index (χ1) is 14.3. The number of carbonyl (C=O) groups excluding carboxylic acids is 1. The van der Waals surface area contributed by atoms with Gasteiger partial charge < -0.3 is 14.8 Å². The van der Waals surface area contributed by atoms with Crippen LogP contribution in [0.15, 0.2) is 48.0 Å². The number of alkyl halides is 3. The lowest BCUT2D eigenvalue weighted by Gasteiger charge is -2.09. The lowest BCUT2D eigenvalue weighted by atomic mass is 10.2. The van der Waals surface area contributed by atoms with E-state index in [1.54, 1.807) is 5.38 Å². The van der Waals surface area contributed by atoms with Gasteiger partial charge in [-0.1, -0.05) is 12.1 Å². The average Bonchev–Trinajstić information content (AvgIpc) is 3.15. The minimum Gasteiger partial charge on any atom is -0.493 e. The molecular formula is C20H18F3N3O3S. The van der Waals surface area contributed by atoms with Crippen molar-refractivity contribution in [2.24, 2.45) is 0 Å². The number of thiazole rings is 1. The molecule has 0 bridgehead atoms. The number of carbonyl (C=O) groups is 1. The maximum Gasteiger partial charge on any atom is 0.422 e. The molecule has 1 N–H and O–H groups in total. The van der Waals surface area contributed by atoms with Gasteiger partial charge in [-0.2, -0.15) is 13.2 Å². The molecular weight excluding hydrogens is 419 g/mol. The number of hydrogen-bond acceptors (Lipinski definition) is 6. The fourth-order valence-electron chi connectivity index (χ4n) is 2.50. The molecule has 30 heavy (non-hydrogen) atoms. The van der Waals surface area contributed by atoms with Crippen LogP contribution in [0.1, 0.15) is 12.6 Å². The Morgan fingerprint density at radius 1 is 1.17 bits per heavy atom. The van der Waals surface area contributed by atoms with E-state index in [4.69, 9.17) is 4.74 Å². The number of pyridine rings is 1. The minimum absolute atomic E-state index is 0.0413. The molecule has 0 spiro atoms. The van der Waals surface area contributed by atoms with Crippen molar-refractivity contribution in [1.82, 2.24) is 9.97 Å². The van der Waals surface area contributed by atoms with Gasteiger partial charge in [-0.05, 0) is 25.1 Å². The summed E-state index contributed by atoms with van der Waals surface area (Å²) in [7, 11) is 0. The zero-order chi connectivity index (χ0) is 21.6. The number of halogens is 3. The molecule has 0 atom stereocenters. The molecule has 0 saturated carbocycles. The van der Waals surface area contributed by atoms with Crippen molar-refractivity contribution in [3.63, 3.8) is 0 Å². The van der Waals surface area contributed by atoms with Crippen molar-refractivity contribution in [2.45, 2.75) is 19.5 Å². The highest BCUT2D eigenvalue weighted by Gasteiger charge is 2.28. The third kappa shape index (κ3) is 6.18. The Labute approximate surface area is 174 Å². The van der Waals surface area contributed by atoms with Crippen LogP contribution in [0.4, 0.5) is 18.9 Å². The molecule has 6 nitrogen and oxygen atoms in total. The van der Waals surface area contributed by atoms with Gasteiger partial charge in [0.05, 0.1) is 36.2 Å². The fourth-order valence-corrected chi connectivity index (χ4v) is 3.35. The zero-order valence-electron chi connectivity index (χ0n) is 15.9. The SMILES string of the molecule is CCOc1ccccc1-c1nc(CC(=O)Nc2ccc(OCC(F)(F)F)nc2)cs1. The van der Waals surface area contributed by atoms with Gasteiger partial charge in [-0.15, -0.1) is 11.3 Å². The smallest absolute Gasteiger partial charge is 0.422 e. The van der Waals surface area contributed by atoms with E-state index in [0.29, 0.717) is 18.0 Å². The van der Waals surface area contributed by atoms with Crippen molar-refractivity contribution in [1.29, 1.82) is 0 Å². The largest absolute Gasteiger partial charge is 0.493 e. The molecule has 1 aromatic carbocycles. The van der Waals surface area contributed by atoms with Crippen LogP contribution in [0.3, 0.4) is 0 Å². The average molecular weight is 437 g/mol. The number of rotatable bonds is 8. The molecule has 0 aliphatic heterocycles. The number of para-hydroxylation sites is 1. The number of nitrogens with one attached hydrogen (secondary N) is 1. The first-order valence-electron chi connectivity index (χ1n) is 8.96. The Hall–Kier alpha value is -3.14. The van der Waals surface area contributed by atoms with E-state index >= 15 is 0 Å². The standard InChI is InChI=1S/C20H18F3N3O3S/c1-2-28-16-6-4-3-5-15(16)19-26-14(11-30-19)9-17(27)25-13-7-8-18(24-10-13)29-12-20(21,22)23/h3-8,10-11H,2,9,12H2,1H3,(H,25,27). The molecule has 3 rings (SSSR count). The van der Waals surface area contributed by atoms with E-state index in [2.05, 4.69) is 20.0 Å². The van der Waals surface area contributed by atoms with E-state index in [1.165, 1.54) is 29.7 Å². The number of anilines is 1. The van der Waals surface area contributed by atoms with Crippen LogP contribution in [0.5, 0.6) is 11.6 Å². The Balaban J connectivity index is 1.58. The third-order valence-electron chi connectivity index (χ3n) is 3.71. The summed E-state index contributed by atoms with van der Waals surface area (Å²) in [5, 5.41) is 5.17. The highest BCUT2D eigenvalue weighted by Crippen LogP contribution is 2.32. The number of benzene rings is 1. The monoisotopic (exact) mass is 437 g/mol. The molecule has 0 saturated heterocycles. The highest BCUT2D eigenvalue weighted by molar-refractivity contribution is 7.13. The van der Waals surface area contributed by atoms with Gasteiger partial charge in [-0.25, -0.2) is 9.97 Å². The van der Waals surface area contributed by atoms with Gasteiger partial charge >= 0.3 is 6.18 Å². The number of amides is 1. The molecule has 158 valence electrons. The summed E-state index contributed by atoms with van der Waals surface area (Å²) in [4.78, 5) is 20.5. The van der Waals surface area contributed by atoms with Gasteiger partial charge in [0.1, 0.15) is 10.8 Å². The van der Waals surface area contributed by atoms with Crippen LogP contribution < -0.4 is 14.8 Å². The van der Waals surface area contributed by atoms with E-state index < -0.39 is 12.8 Å². The second-order valence-corrected chi connectivity index (χ2v) is 6.95. The van der Waals surface area contributed by atoms with Gasteiger partial charge in [0.2, 0.25) is 11.8 Å². The topological polar surface area (TPSA) is 73.3 Å². The number of aromatic nitrogens is 2. The van der Waals surface area contributed by atoms with Crippen molar-refractivity contribution in [3.05, 3.63) is 53.7 Å². The van der Waals surface area contributed by atoms with E-state index in [1.807, 2.05) is 31.2 Å². The van der Waals surface area contributed by atoms with Crippen LogP contribution in [0.2, 0.25) is 0 Å². The van der Waals surface area contributed by atoms with Crippen molar-refractivity contribution < 1.29 is 27.4 Å². The van der Waals surface area contributed by atoms with Crippen LogP contribution in [0, 0.1) is 0 Å². The first kappa shape index (κ1) is 21.6. The molecule has 10 heteroatoms. The fraction of sp³-hybridized carbons (Fsp3) is 0.250. The summed E-state index contributed by atoms with van der Waals surface area (Å²) in [6, 6.07) is 10.2. The van der Waals surface area contributed by atoms with Gasteiger partial charge in [-0.3, -0.25) is 4.79 Å². The molecule has 1 amide bonds. The Kier molecular flexibility index (Phi) is 6.88. The zero-order valence-corrected chi connectivity index (χ0v) is 16.7. The minimum atomic E-state index is -4.44. The molecule has 2 aromatic heterocycles. The van der Waals surface area contributed by atoms with Gasteiger partial charge in [0.25, 0.3) is 0 Å². The van der Waals surface area contributed by atoms with Crippen LogP contribution in [0.25, 0.3) is 10.6 Å². The molecule has 0 aliphatic rings. The third-order valence-corrected chi connectivity index (χ3v) is 4.64. The lowest BCUT2D eigenvalue weighted by Crippen LogP contribution is -2.19. The highest BCUT2D eigenvalue weighted by atomic mass is 32.1. The Morgan fingerprint density at radius 3 is 2.67 bits per heavy atom. The summed E-state index contributed by atoms with van der Waals surface area (Å²) in [5.74, 6) is 0.224. The molecule has 0 aliphatic carbocycles. The summed E-state index contributed by atoms with van der Waals surface area (Å²) in [6.45, 7) is 1.01. The predicted octanol–water partition coefficient (Wildman–Crippen LogP) is 4.73. The van der Waals surface area contributed by atoms with Crippen LogP contribution in [-0.4, -0.2) is 35.3 Å². The summed E-state index contributed by atoms with van der Waals surface area (Å²) in [5.41, 5.74) is 1.79. The van der Waals surface area contributed by atoms with E-state index in [0.717, 1.165) is 16.3 Å². The van der Waals surface area contributed by atoms with Crippen LogP contribution in [-0.2, 0) is 11.2 Å². The normalized spacial score (nSPS) is 11.2. The summed E-state index contributed by atoms with van der Waals surface area (Å²) in [6.07, 6.45) is -3.17. The van der Waals surface area contributed by atoms with Gasteiger partial charge in [0, 0.05) is 11.4 Å². The maximum atomic E-state index is 12.3. The number of nitrogens with zero attached hydrogens (tertiary/aromatic N) is 2. The second kappa shape index (κ2) is 9.57. The number of ether oxygens (including phenoxy) is 2. The van der Waals surface area contributed by atoms with E-state index in [9.17, 15) is 18.0 Å². The molecule has 0 unspecified atom stereocenters. The predicted molar refractivity (Wildman–Crippen MR) is 107 cm³/mol. The Morgan fingerprint density at radius 2 is 1.97 bits per heavy atom. The first-order valence-corrected chi connectivity index (χ1v) is 9.84. The Bertz CT molecular complexity index is 991. The second-order valence-electron chi connectivity index (χ2n) is 6.09. The van der Waals surface area contributed by atoms with E-state index in [-0.39, 0.29) is 18.2 Å². The summed E-state index contributed by atoms with van der Waals surface area (Å²) < 4.78 is 46.6. The van der Waals surface area contributed by atoms with Crippen molar-refractivity contribution in [2.75, 3.05) is 18.5 Å². The molecule has 2 heterocycles. The quantitative estimate of drug-likeness (QED) is 0.552. The van der Waals surface area contributed by atoms with Gasteiger partial charge in [0.15, 0.2) is 6.61 Å².